The van der Waals surface area contributed by atoms with Gasteiger partial charge in [-0.2, -0.15) is 0 Å². The number of aliphatic hydroxyl groups excluding tert-OH is 1. The van der Waals surface area contributed by atoms with Crippen LogP contribution in [0.1, 0.15) is 37.9 Å². The van der Waals surface area contributed by atoms with Gasteiger partial charge in [-0.25, -0.2) is 0 Å². The van der Waals surface area contributed by atoms with E-state index in [2.05, 4.69) is 13.8 Å². The Labute approximate surface area is 201 Å². The fraction of sp³-hybridized carbons (Fsp3) is 0.407. The van der Waals surface area contributed by atoms with Crippen molar-refractivity contribution in [2.75, 3.05) is 40.4 Å². The van der Waals surface area contributed by atoms with Gasteiger partial charge in [0.1, 0.15) is 17.3 Å². The molecule has 7 heteroatoms. The number of ether oxygens (including phenoxy) is 2. The Hall–Kier alpha value is -3.32. The molecule has 0 unspecified atom stereocenters. The monoisotopic (exact) mass is 466 g/mol. The van der Waals surface area contributed by atoms with Gasteiger partial charge in [0.15, 0.2) is 0 Å². The summed E-state index contributed by atoms with van der Waals surface area (Å²) >= 11 is 0. The SMILES string of the molecule is CCOc1ccc([C@H]2C(=C(O)c3ccc(OCC(C)C)cc3)C(=O)C(=O)N2CCN(C)C)cc1. The van der Waals surface area contributed by atoms with Crippen LogP contribution >= 0.6 is 0 Å². The molecule has 0 saturated carbocycles. The van der Waals surface area contributed by atoms with Gasteiger partial charge in [0, 0.05) is 18.7 Å². The van der Waals surface area contributed by atoms with Crippen LogP contribution in [0.15, 0.2) is 54.1 Å². The van der Waals surface area contributed by atoms with Crippen molar-refractivity contribution >= 4 is 17.4 Å². The first-order chi connectivity index (χ1) is 16.2. The van der Waals surface area contributed by atoms with Crippen LogP contribution in [0.4, 0.5) is 0 Å². The molecule has 0 radical (unpaired) electrons. The number of carbonyl (C=O) groups excluding carboxylic acids is 2. The molecule has 1 aliphatic heterocycles. The number of hydrogen-bond acceptors (Lipinski definition) is 6. The lowest BCUT2D eigenvalue weighted by atomic mass is 9.95. The molecule has 1 saturated heterocycles. The molecule has 182 valence electrons. The van der Waals surface area contributed by atoms with E-state index < -0.39 is 17.7 Å². The summed E-state index contributed by atoms with van der Waals surface area (Å²) < 4.78 is 11.2. The molecule has 0 aromatic heterocycles. The van der Waals surface area contributed by atoms with Gasteiger partial charge in [-0.1, -0.05) is 26.0 Å². The van der Waals surface area contributed by atoms with Gasteiger partial charge in [-0.05, 0) is 68.9 Å². The molecule has 1 heterocycles. The number of carbonyl (C=O) groups is 2. The molecule has 2 aromatic carbocycles. The fourth-order valence-corrected chi connectivity index (χ4v) is 3.81. The number of rotatable bonds is 10. The van der Waals surface area contributed by atoms with Crippen LogP contribution in [-0.2, 0) is 9.59 Å². The molecule has 1 aliphatic rings. The van der Waals surface area contributed by atoms with E-state index in [1.807, 2.05) is 50.2 Å². The first-order valence-electron chi connectivity index (χ1n) is 11.6. The van der Waals surface area contributed by atoms with Gasteiger partial charge in [0.25, 0.3) is 11.7 Å². The molecule has 1 atom stereocenters. The standard InChI is InChI=1S/C27H34N2O5/c1-6-33-21-11-7-19(8-12-21)24-23(26(31)27(32)29(24)16-15-28(4)5)25(30)20-9-13-22(14-10-20)34-17-18(2)3/h7-14,18,24,30H,6,15-17H2,1-5H3/t24-/m0/s1. The third-order valence-electron chi connectivity index (χ3n) is 5.55. The van der Waals surface area contributed by atoms with Crippen LogP contribution in [0.5, 0.6) is 11.5 Å². The minimum atomic E-state index is -0.688. The van der Waals surface area contributed by atoms with Gasteiger partial charge in [-0.3, -0.25) is 9.59 Å². The van der Waals surface area contributed by atoms with E-state index in [4.69, 9.17) is 9.47 Å². The summed E-state index contributed by atoms with van der Waals surface area (Å²) in [6.07, 6.45) is 0. The maximum absolute atomic E-state index is 13.1. The maximum Gasteiger partial charge on any atom is 0.295 e. The van der Waals surface area contributed by atoms with E-state index in [1.165, 1.54) is 4.90 Å². The van der Waals surface area contributed by atoms with Crippen LogP contribution in [0.3, 0.4) is 0 Å². The van der Waals surface area contributed by atoms with E-state index in [0.717, 1.165) is 5.56 Å². The van der Waals surface area contributed by atoms with Crippen molar-refractivity contribution < 1.29 is 24.2 Å². The lowest BCUT2D eigenvalue weighted by Gasteiger charge is -2.26. The number of amides is 1. The van der Waals surface area contributed by atoms with Crippen molar-refractivity contribution in [2.45, 2.75) is 26.8 Å². The minimum absolute atomic E-state index is 0.0868. The van der Waals surface area contributed by atoms with Crippen LogP contribution < -0.4 is 9.47 Å². The average molecular weight is 467 g/mol. The summed E-state index contributed by atoms with van der Waals surface area (Å²) in [5.41, 5.74) is 1.28. The number of likely N-dealkylation sites (N-methyl/N-ethyl adjacent to an activating group) is 1. The normalized spacial score (nSPS) is 17.6. The smallest absolute Gasteiger partial charge is 0.295 e. The predicted octanol–water partition coefficient (Wildman–Crippen LogP) is 4.10. The van der Waals surface area contributed by atoms with E-state index in [9.17, 15) is 14.7 Å². The van der Waals surface area contributed by atoms with Gasteiger partial charge >= 0.3 is 0 Å². The molecule has 0 bridgehead atoms. The van der Waals surface area contributed by atoms with E-state index in [0.29, 0.717) is 49.3 Å². The van der Waals surface area contributed by atoms with Gasteiger partial charge < -0.3 is 24.4 Å². The third-order valence-corrected chi connectivity index (χ3v) is 5.55. The van der Waals surface area contributed by atoms with Crippen LogP contribution in [0.2, 0.25) is 0 Å². The van der Waals surface area contributed by atoms with Crippen molar-refractivity contribution in [2.24, 2.45) is 5.92 Å². The molecule has 1 N–H and O–H groups in total. The Morgan fingerprint density at radius 3 is 2.15 bits per heavy atom. The first kappa shape index (κ1) is 25.3. The third kappa shape index (κ3) is 5.78. The summed E-state index contributed by atoms with van der Waals surface area (Å²) in [4.78, 5) is 29.6. The Morgan fingerprint density at radius 2 is 1.59 bits per heavy atom. The molecule has 3 rings (SSSR count). The highest BCUT2D eigenvalue weighted by Crippen LogP contribution is 2.39. The summed E-state index contributed by atoms with van der Waals surface area (Å²) in [6.45, 7) is 8.10. The summed E-state index contributed by atoms with van der Waals surface area (Å²) in [6, 6.07) is 13.5. The van der Waals surface area contributed by atoms with E-state index in [-0.39, 0.29) is 11.3 Å². The van der Waals surface area contributed by atoms with Crippen molar-refractivity contribution in [3.05, 3.63) is 65.2 Å². The van der Waals surface area contributed by atoms with Gasteiger partial charge in [0.05, 0.1) is 24.8 Å². The zero-order chi connectivity index (χ0) is 24.8. The van der Waals surface area contributed by atoms with E-state index >= 15 is 0 Å². The molecular weight excluding hydrogens is 432 g/mol. The lowest BCUT2D eigenvalue weighted by molar-refractivity contribution is -0.140. The molecule has 2 aromatic rings. The number of benzene rings is 2. The summed E-state index contributed by atoms with van der Waals surface area (Å²) in [5, 5.41) is 11.2. The molecule has 1 amide bonds. The molecule has 0 spiro atoms. The first-order valence-corrected chi connectivity index (χ1v) is 11.6. The quantitative estimate of drug-likeness (QED) is 0.323. The number of likely N-dealkylation sites (tertiary alicyclic amines) is 1. The van der Waals surface area contributed by atoms with E-state index in [1.54, 1.807) is 24.3 Å². The highest BCUT2D eigenvalue weighted by Gasteiger charge is 2.45. The topological polar surface area (TPSA) is 79.3 Å². The van der Waals surface area contributed by atoms with Crippen molar-refractivity contribution in [1.82, 2.24) is 9.80 Å². The molecule has 34 heavy (non-hydrogen) atoms. The minimum Gasteiger partial charge on any atom is -0.507 e. The molecular formula is C27H34N2O5. The predicted molar refractivity (Wildman–Crippen MR) is 132 cm³/mol. The molecule has 7 nitrogen and oxygen atoms in total. The lowest BCUT2D eigenvalue weighted by Crippen LogP contribution is -2.35. The van der Waals surface area contributed by atoms with Crippen molar-refractivity contribution in [1.29, 1.82) is 0 Å². The highest BCUT2D eigenvalue weighted by atomic mass is 16.5. The molecule has 0 aliphatic carbocycles. The number of Topliss-reactive ketones (excluding diaryl/α,β-unsaturated/α-hetero) is 1. The Balaban J connectivity index is 2.01. The van der Waals surface area contributed by atoms with Crippen molar-refractivity contribution in [3.63, 3.8) is 0 Å². The second kappa shape index (κ2) is 11.2. The number of ketones is 1. The summed E-state index contributed by atoms with van der Waals surface area (Å²) in [5.74, 6) is 0.281. The average Bonchev–Trinajstić information content (AvgIpc) is 3.06. The second-order valence-corrected chi connectivity index (χ2v) is 9.03. The number of nitrogens with zero attached hydrogens (tertiary/aromatic N) is 2. The van der Waals surface area contributed by atoms with Gasteiger partial charge in [-0.15, -0.1) is 0 Å². The second-order valence-electron chi connectivity index (χ2n) is 9.03. The zero-order valence-electron chi connectivity index (χ0n) is 20.6. The van der Waals surface area contributed by atoms with Crippen LogP contribution in [0, 0.1) is 5.92 Å². The van der Waals surface area contributed by atoms with Crippen LogP contribution in [0.25, 0.3) is 5.76 Å². The molecule has 1 fully saturated rings. The Kier molecular flexibility index (Phi) is 8.34. The summed E-state index contributed by atoms with van der Waals surface area (Å²) in [7, 11) is 3.82. The highest BCUT2D eigenvalue weighted by molar-refractivity contribution is 6.46. The maximum atomic E-state index is 13.1. The zero-order valence-corrected chi connectivity index (χ0v) is 20.6. The number of aliphatic hydroxyl groups is 1. The number of hydrogen-bond donors (Lipinski definition) is 1. The largest absolute Gasteiger partial charge is 0.507 e. The van der Waals surface area contributed by atoms with Crippen LogP contribution in [-0.4, -0.2) is 67.0 Å². The van der Waals surface area contributed by atoms with Gasteiger partial charge in [0.2, 0.25) is 0 Å². The Bertz CT molecular complexity index is 1030. The van der Waals surface area contributed by atoms with Crippen molar-refractivity contribution in [3.8, 4) is 11.5 Å². The Morgan fingerprint density at radius 1 is 1.00 bits per heavy atom. The fourth-order valence-electron chi connectivity index (χ4n) is 3.81.